The molecule has 126 valence electrons. The van der Waals surface area contributed by atoms with Crippen molar-refractivity contribution in [2.45, 2.75) is 9.79 Å². The van der Waals surface area contributed by atoms with Gasteiger partial charge in [0, 0.05) is 19.6 Å². The Balaban J connectivity index is 0.000000231. The van der Waals surface area contributed by atoms with Crippen LogP contribution in [0.4, 0.5) is 0 Å². The second kappa shape index (κ2) is 8.59. The van der Waals surface area contributed by atoms with Crippen molar-refractivity contribution in [3.8, 4) is 0 Å². The van der Waals surface area contributed by atoms with Crippen LogP contribution < -0.4 is 4.72 Å². The number of rotatable bonds is 3. The normalized spacial score (nSPS) is 11.5. The molecule has 23 heavy (non-hydrogen) atoms. The van der Waals surface area contributed by atoms with Crippen LogP contribution >= 0.6 is 42.5 Å². The number of sulfonamides is 1. The van der Waals surface area contributed by atoms with Crippen LogP contribution in [0.15, 0.2) is 67.3 Å². The largest absolute Gasteiger partial charge is 0.261 e. The quantitative estimate of drug-likeness (QED) is 0.645. The molecule has 0 aliphatic rings. The third-order valence-electron chi connectivity index (χ3n) is 2.45. The van der Waals surface area contributed by atoms with Crippen LogP contribution in [-0.2, 0) is 19.1 Å². The van der Waals surface area contributed by atoms with Gasteiger partial charge < -0.3 is 0 Å². The Kier molecular flexibility index (Phi) is 7.69. The Morgan fingerprint density at radius 1 is 0.870 bits per heavy atom. The summed E-state index contributed by atoms with van der Waals surface area (Å²) in [6.07, 6.45) is 0. The lowest BCUT2D eigenvalue weighted by molar-refractivity contribution is 0.588. The van der Waals surface area contributed by atoms with Crippen LogP contribution in [0.3, 0.4) is 0 Å². The van der Waals surface area contributed by atoms with Crippen LogP contribution in [0.2, 0.25) is 0 Å². The highest BCUT2D eigenvalue weighted by atomic mass is 79.9. The monoisotopic (exact) mass is 503 g/mol. The van der Waals surface area contributed by atoms with Gasteiger partial charge >= 0.3 is 0 Å². The lowest BCUT2D eigenvalue weighted by Gasteiger charge is -2.01. The van der Waals surface area contributed by atoms with E-state index in [0.29, 0.717) is 4.47 Å². The first-order valence-corrected chi connectivity index (χ1v) is 11.3. The van der Waals surface area contributed by atoms with Gasteiger partial charge in [0.2, 0.25) is 10.0 Å². The maximum Gasteiger partial charge on any atom is 0.261 e. The standard InChI is InChI=1S/C7H8BrNO2S.C6H4BrClO2S/c1-9-12(10,11)7-4-2-3-6(8)5-7;7-5-2-1-3-6(4-5)11(8,9)10/h2-5,9H,1H3;1-4H. The molecule has 5 nitrogen and oxygen atoms in total. The number of benzene rings is 2. The number of hydrogen-bond acceptors (Lipinski definition) is 4. The van der Waals surface area contributed by atoms with E-state index >= 15 is 0 Å². The van der Waals surface area contributed by atoms with Gasteiger partial charge in [0.05, 0.1) is 9.79 Å². The maximum atomic E-state index is 11.2. The second-order valence-corrected chi connectivity index (χ2v) is 10.3. The molecule has 0 radical (unpaired) electrons. The molecule has 0 heterocycles. The summed E-state index contributed by atoms with van der Waals surface area (Å²) in [6, 6.07) is 12.8. The van der Waals surface area contributed by atoms with Crippen molar-refractivity contribution in [1.82, 2.24) is 4.72 Å². The molecule has 1 N–H and O–H groups in total. The topological polar surface area (TPSA) is 80.3 Å². The fourth-order valence-electron chi connectivity index (χ4n) is 1.37. The Morgan fingerprint density at radius 2 is 1.30 bits per heavy atom. The summed E-state index contributed by atoms with van der Waals surface area (Å²) in [5.74, 6) is 0. The van der Waals surface area contributed by atoms with E-state index in [-0.39, 0.29) is 9.79 Å². The highest BCUT2D eigenvalue weighted by Crippen LogP contribution is 2.19. The summed E-state index contributed by atoms with van der Waals surface area (Å²) in [7, 11) is -0.417. The number of halogens is 3. The van der Waals surface area contributed by atoms with Crippen molar-refractivity contribution >= 4 is 61.6 Å². The molecule has 0 saturated carbocycles. The van der Waals surface area contributed by atoms with E-state index in [9.17, 15) is 16.8 Å². The molecular formula is C13H12Br2ClNO4S2. The van der Waals surface area contributed by atoms with Crippen molar-refractivity contribution in [2.75, 3.05) is 7.05 Å². The average molecular weight is 506 g/mol. The predicted molar refractivity (Wildman–Crippen MR) is 97.6 cm³/mol. The van der Waals surface area contributed by atoms with Crippen molar-refractivity contribution in [3.63, 3.8) is 0 Å². The highest BCUT2D eigenvalue weighted by Gasteiger charge is 2.10. The Labute approximate surface area is 156 Å². The first kappa shape index (κ1) is 20.6. The third-order valence-corrected chi connectivity index (χ3v) is 6.20. The summed E-state index contributed by atoms with van der Waals surface area (Å²) >= 11 is 6.32. The van der Waals surface area contributed by atoms with Crippen LogP contribution in [-0.4, -0.2) is 23.9 Å². The average Bonchev–Trinajstić information content (AvgIpc) is 2.47. The molecule has 0 atom stereocenters. The number of nitrogens with one attached hydrogen (secondary N) is 1. The Bertz CT molecular complexity index is 886. The Hall–Kier alpha value is -0.450. The van der Waals surface area contributed by atoms with Gasteiger partial charge in [-0.15, -0.1) is 0 Å². The van der Waals surface area contributed by atoms with E-state index in [1.807, 2.05) is 0 Å². The van der Waals surface area contributed by atoms with E-state index in [4.69, 9.17) is 10.7 Å². The number of hydrogen-bond donors (Lipinski definition) is 1. The van der Waals surface area contributed by atoms with E-state index in [1.165, 1.54) is 25.2 Å². The zero-order chi connectivity index (χ0) is 17.7. The molecule has 0 aliphatic heterocycles. The molecule has 0 bridgehead atoms. The van der Waals surface area contributed by atoms with Gasteiger partial charge in [0.1, 0.15) is 0 Å². The maximum absolute atomic E-state index is 11.2. The zero-order valence-electron chi connectivity index (χ0n) is 11.7. The SMILES string of the molecule is CNS(=O)(=O)c1cccc(Br)c1.O=S(=O)(Cl)c1cccc(Br)c1. The van der Waals surface area contributed by atoms with Gasteiger partial charge in [-0.2, -0.15) is 0 Å². The van der Waals surface area contributed by atoms with E-state index in [2.05, 4.69) is 36.6 Å². The highest BCUT2D eigenvalue weighted by molar-refractivity contribution is 9.10. The molecule has 10 heteroatoms. The minimum Gasteiger partial charge on any atom is -0.214 e. The van der Waals surface area contributed by atoms with Crippen molar-refractivity contribution in [2.24, 2.45) is 0 Å². The van der Waals surface area contributed by atoms with Crippen LogP contribution in [0.25, 0.3) is 0 Å². The lowest BCUT2D eigenvalue weighted by atomic mass is 10.4. The smallest absolute Gasteiger partial charge is 0.214 e. The van der Waals surface area contributed by atoms with E-state index in [0.717, 1.165) is 4.47 Å². The van der Waals surface area contributed by atoms with Gasteiger partial charge in [-0.3, -0.25) is 0 Å². The van der Waals surface area contributed by atoms with Crippen LogP contribution in [0.5, 0.6) is 0 Å². The summed E-state index contributed by atoms with van der Waals surface area (Å²) in [5.41, 5.74) is 0. The fourth-order valence-corrected chi connectivity index (χ4v) is 4.04. The van der Waals surface area contributed by atoms with Crippen molar-refractivity contribution in [1.29, 1.82) is 0 Å². The summed E-state index contributed by atoms with van der Waals surface area (Å²) < 4.78 is 47.6. The molecule has 0 aromatic heterocycles. The van der Waals surface area contributed by atoms with Gasteiger partial charge in [0.15, 0.2) is 0 Å². The lowest BCUT2D eigenvalue weighted by Crippen LogP contribution is -2.18. The first-order chi connectivity index (χ1) is 10.6. The minimum absolute atomic E-state index is 0.105. The molecule has 0 unspecified atom stereocenters. The van der Waals surface area contributed by atoms with E-state index < -0.39 is 19.1 Å². The molecule has 2 aromatic carbocycles. The Morgan fingerprint density at radius 3 is 1.65 bits per heavy atom. The molecule has 0 fully saturated rings. The molecule has 0 amide bonds. The molecule has 0 aliphatic carbocycles. The van der Waals surface area contributed by atoms with Gasteiger partial charge in [-0.1, -0.05) is 44.0 Å². The minimum atomic E-state index is -3.58. The van der Waals surface area contributed by atoms with Crippen LogP contribution in [0.1, 0.15) is 0 Å². The summed E-state index contributed by atoms with van der Waals surface area (Å²) in [4.78, 5) is 0.368. The van der Waals surface area contributed by atoms with Gasteiger partial charge in [0.25, 0.3) is 9.05 Å². The molecule has 0 spiro atoms. The van der Waals surface area contributed by atoms with Crippen LogP contribution in [0, 0.1) is 0 Å². The third kappa shape index (κ3) is 6.90. The predicted octanol–water partition coefficient (Wildman–Crippen LogP) is 3.73. The van der Waals surface area contributed by atoms with Crippen molar-refractivity contribution in [3.05, 3.63) is 57.5 Å². The van der Waals surface area contributed by atoms with Gasteiger partial charge in [-0.05, 0) is 43.4 Å². The van der Waals surface area contributed by atoms with Crippen molar-refractivity contribution < 1.29 is 16.8 Å². The first-order valence-electron chi connectivity index (χ1n) is 5.95. The zero-order valence-corrected chi connectivity index (χ0v) is 17.3. The summed E-state index contributed by atoms with van der Waals surface area (Å²) in [6.45, 7) is 0. The van der Waals surface area contributed by atoms with Gasteiger partial charge in [-0.25, -0.2) is 21.6 Å². The molecule has 2 aromatic rings. The molecular weight excluding hydrogens is 494 g/mol. The molecule has 0 saturated heterocycles. The molecule has 2 rings (SSSR count). The van der Waals surface area contributed by atoms with E-state index in [1.54, 1.807) is 30.3 Å². The fraction of sp³-hybridized carbons (Fsp3) is 0.0769. The second-order valence-electron chi connectivity index (χ2n) is 4.06. The summed E-state index contributed by atoms with van der Waals surface area (Å²) in [5, 5.41) is 0.